The van der Waals surface area contributed by atoms with Gasteiger partial charge in [0.15, 0.2) is 0 Å². The minimum absolute atomic E-state index is 0.120. The normalized spacial score (nSPS) is 10.4. The molecule has 104 valence electrons. The molecule has 1 aromatic carbocycles. The SMILES string of the molecule is Fc1ccc(-c2cc(Oc3ccccc3)ccn2)c(F)n1. The number of hydrogen-bond acceptors (Lipinski definition) is 3. The van der Waals surface area contributed by atoms with Crippen molar-refractivity contribution >= 4 is 0 Å². The number of aromatic nitrogens is 2. The third-order valence-corrected chi connectivity index (χ3v) is 2.80. The van der Waals surface area contributed by atoms with Crippen molar-refractivity contribution in [3.63, 3.8) is 0 Å². The van der Waals surface area contributed by atoms with Crippen LogP contribution in [0.5, 0.6) is 11.5 Å². The molecule has 2 aromatic heterocycles. The van der Waals surface area contributed by atoms with Gasteiger partial charge in [-0.1, -0.05) is 18.2 Å². The average Bonchev–Trinajstić information content (AvgIpc) is 2.48. The van der Waals surface area contributed by atoms with Gasteiger partial charge < -0.3 is 4.74 Å². The molecule has 0 saturated carbocycles. The number of nitrogens with zero attached hydrogens (tertiary/aromatic N) is 2. The van der Waals surface area contributed by atoms with Crippen LogP contribution in [0.25, 0.3) is 11.3 Å². The molecular weight excluding hydrogens is 274 g/mol. The number of halogens is 2. The summed E-state index contributed by atoms with van der Waals surface area (Å²) >= 11 is 0. The lowest BCUT2D eigenvalue weighted by molar-refractivity contribution is 0.482. The van der Waals surface area contributed by atoms with Crippen molar-refractivity contribution in [1.29, 1.82) is 0 Å². The van der Waals surface area contributed by atoms with E-state index in [2.05, 4.69) is 9.97 Å². The molecule has 0 aliphatic rings. The van der Waals surface area contributed by atoms with Gasteiger partial charge in [-0.05, 0) is 30.3 Å². The largest absolute Gasteiger partial charge is 0.457 e. The highest BCUT2D eigenvalue weighted by molar-refractivity contribution is 5.60. The summed E-state index contributed by atoms with van der Waals surface area (Å²) in [6.07, 6.45) is 1.50. The Bertz CT molecular complexity index is 763. The lowest BCUT2D eigenvalue weighted by atomic mass is 10.2. The predicted molar refractivity (Wildman–Crippen MR) is 73.9 cm³/mol. The summed E-state index contributed by atoms with van der Waals surface area (Å²) in [5, 5.41) is 0. The molecule has 0 N–H and O–H groups in total. The molecule has 0 aliphatic heterocycles. The van der Waals surface area contributed by atoms with Crippen LogP contribution in [0.4, 0.5) is 8.78 Å². The highest BCUT2D eigenvalue weighted by Crippen LogP contribution is 2.26. The number of hydrogen-bond donors (Lipinski definition) is 0. The smallest absolute Gasteiger partial charge is 0.224 e. The van der Waals surface area contributed by atoms with E-state index in [9.17, 15) is 8.78 Å². The standard InChI is InChI=1S/C16H10F2N2O/c17-15-7-6-13(16(18)20-15)14-10-12(8-9-19-14)21-11-4-2-1-3-5-11/h1-10H. The van der Waals surface area contributed by atoms with E-state index in [1.807, 2.05) is 18.2 Å². The van der Waals surface area contributed by atoms with Gasteiger partial charge in [0, 0.05) is 12.3 Å². The quantitative estimate of drug-likeness (QED) is 0.676. The fourth-order valence-corrected chi connectivity index (χ4v) is 1.85. The first kappa shape index (κ1) is 13.2. The van der Waals surface area contributed by atoms with Gasteiger partial charge in [-0.2, -0.15) is 13.8 Å². The fourth-order valence-electron chi connectivity index (χ4n) is 1.85. The molecule has 0 saturated heterocycles. The monoisotopic (exact) mass is 284 g/mol. The molecule has 0 fully saturated rings. The van der Waals surface area contributed by atoms with E-state index in [4.69, 9.17) is 4.74 Å². The van der Waals surface area contributed by atoms with Gasteiger partial charge in [-0.25, -0.2) is 0 Å². The van der Waals surface area contributed by atoms with E-state index >= 15 is 0 Å². The van der Waals surface area contributed by atoms with Crippen molar-refractivity contribution in [3.05, 3.63) is 72.7 Å². The summed E-state index contributed by atoms with van der Waals surface area (Å²) in [6, 6.07) is 14.8. The Morgan fingerprint density at radius 2 is 1.67 bits per heavy atom. The van der Waals surface area contributed by atoms with Crippen molar-refractivity contribution in [2.24, 2.45) is 0 Å². The second kappa shape index (κ2) is 5.66. The molecule has 2 heterocycles. The van der Waals surface area contributed by atoms with Gasteiger partial charge in [0.05, 0.1) is 11.3 Å². The topological polar surface area (TPSA) is 35.0 Å². The third kappa shape index (κ3) is 3.02. The molecule has 0 aliphatic carbocycles. The molecule has 0 radical (unpaired) electrons. The Labute approximate surface area is 119 Å². The first-order valence-corrected chi connectivity index (χ1v) is 6.24. The van der Waals surface area contributed by atoms with Crippen LogP contribution < -0.4 is 4.74 Å². The average molecular weight is 284 g/mol. The zero-order chi connectivity index (χ0) is 14.7. The van der Waals surface area contributed by atoms with E-state index in [-0.39, 0.29) is 5.56 Å². The van der Waals surface area contributed by atoms with Crippen molar-refractivity contribution in [3.8, 4) is 22.8 Å². The maximum Gasteiger partial charge on any atom is 0.224 e. The van der Waals surface area contributed by atoms with Gasteiger partial charge in [-0.15, -0.1) is 0 Å². The van der Waals surface area contributed by atoms with Gasteiger partial charge in [0.25, 0.3) is 0 Å². The minimum atomic E-state index is -0.903. The van der Waals surface area contributed by atoms with Gasteiger partial charge >= 0.3 is 0 Å². The Balaban J connectivity index is 1.93. The van der Waals surface area contributed by atoms with Crippen LogP contribution in [0, 0.1) is 11.9 Å². The molecule has 0 bridgehead atoms. The van der Waals surface area contributed by atoms with Crippen LogP contribution in [0.15, 0.2) is 60.8 Å². The van der Waals surface area contributed by atoms with Gasteiger partial charge in [0.1, 0.15) is 11.5 Å². The number of ether oxygens (including phenoxy) is 1. The third-order valence-electron chi connectivity index (χ3n) is 2.80. The molecule has 0 amide bonds. The lowest BCUT2D eigenvalue weighted by Crippen LogP contribution is -1.94. The van der Waals surface area contributed by atoms with E-state index in [0.717, 1.165) is 6.07 Å². The van der Waals surface area contributed by atoms with E-state index < -0.39 is 11.9 Å². The molecule has 3 aromatic rings. The molecule has 0 unspecified atom stereocenters. The summed E-state index contributed by atoms with van der Waals surface area (Å²) in [5.74, 6) is -0.602. The highest BCUT2D eigenvalue weighted by Gasteiger charge is 2.10. The zero-order valence-electron chi connectivity index (χ0n) is 10.8. The number of benzene rings is 1. The van der Waals surface area contributed by atoms with Crippen molar-refractivity contribution in [1.82, 2.24) is 9.97 Å². The van der Waals surface area contributed by atoms with Crippen LogP contribution in [-0.4, -0.2) is 9.97 Å². The first-order valence-electron chi connectivity index (χ1n) is 6.24. The predicted octanol–water partition coefficient (Wildman–Crippen LogP) is 4.21. The summed E-state index contributed by atoms with van der Waals surface area (Å²) in [6.45, 7) is 0. The summed E-state index contributed by atoms with van der Waals surface area (Å²) < 4.78 is 32.1. The second-order valence-electron chi connectivity index (χ2n) is 4.26. The Hall–Kier alpha value is -2.82. The summed E-state index contributed by atoms with van der Waals surface area (Å²) in [5.41, 5.74) is 0.448. The molecular formula is C16H10F2N2O. The maximum absolute atomic E-state index is 13.7. The maximum atomic E-state index is 13.7. The number of para-hydroxylation sites is 1. The van der Waals surface area contributed by atoms with Crippen LogP contribution in [-0.2, 0) is 0 Å². The van der Waals surface area contributed by atoms with E-state index in [1.165, 1.54) is 12.3 Å². The van der Waals surface area contributed by atoms with Crippen molar-refractivity contribution in [2.45, 2.75) is 0 Å². The first-order chi connectivity index (χ1) is 10.2. The molecule has 5 heteroatoms. The molecule has 3 nitrogen and oxygen atoms in total. The van der Waals surface area contributed by atoms with Gasteiger partial charge in [-0.3, -0.25) is 4.98 Å². The number of rotatable bonds is 3. The molecule has 0 spiro atoms. The fraction of sp³-hybridized carbons (Fsp3) is 0. The Morgan fingerprint density at radius 1 is 0.857 bits per heavy atom. The van der Waals surface area contributed by atoms with Crippen LogP contribution >= 0.6 is 0 Å². The highest BCUT2D eigenvalue weighted by atomic mass is 19.1. The molecule has 0 atom stereocenters. The molecule has 3 rings (SSSR count). The van der Waals surface area contributed by atoms with Gasteiger partial charge in [0.2, 0.25) is 11.9 Å². The Kier molecular flexibility index (Phi) is 3.55. The summed E-state index contributed by atoms with van der Waals surface area (Å²) in [4.78, 5) is 7.21. The van der Waals surface area contributed by atoms with Crippen LogP contribution in [0.3, 0.4) is 0 Å². The zero-order valence-corrected chi connectivity index (χ0v) is 10.8. The van der Waals surface area contributed by atoms with Crippen molar-refractivity contribution in [2.75, 3.05) is 0 Å². The van der Waals surface area contributed by atoms with Crippen molar-refractivity contribution < 1.29 is 13.5 Å². The van der Waals surface area contributed by atoms with E-state index in [1.54, 1.807) is 24.3 Å². The minimum Gasteiger partial charge on any atom is -0.457 e. The Morgan fingerprint density at radius 3 is 2.43 bits per heavy atom. The van der Waals surface area contributed by atoms with Crippen LogP contribution in [0.2, 0.25) is 0 Å². The summed E-state index contributed by atoms with van der Waals surface area (Å²) in [7, 11) is 0. The van der Waals surface area contributed by atoms with Crippen LogP contribution in [0.1, 0.15) is 0 Å². The lowest BCUT2D eigenvalue weighted by Gasteiger charge is -2.07. The number of pyridine rings is 2. The second-order valence-corrected chi connectivity index (χ2v) is 4.26. The van der Waals surface area contributed by atoms with E-state index in [0.29, 0.717) is 17.2 Å². The molecule has 21 heavy (non-hydrogen) atoms.